The third-order valence-electron chi connectivity index (χ3n) is 2.23. The fourth-order valence-electron chi connectivity index (χ4n) is 1.34. The molecule has 1 aromatic carbocycles. The van der Waals surface area contributed by atoms with Crippen molar-refractivity contribution < 1.29 is 14.3 Å². The van der Waals surface area contributed by atoms with Gasteiger partial charge < -0.3 is 4.74 Å². The molecule has 19 heavy (non-hydrogen) atoms. The molecule has 0 spiro atoms. The molecule has 0 amide bonds. The molecule has 0 saturated heterocycles. The van der Waals surface area contributed by atoms with E-state index in [1.165, 1.54) is 32.3 Å². The number of allylic oxidation sites excluding steroid dienone is 3. The lowest BCUT2D eigenvalue weighted by Crippen LogP contribution is -2.03. The van der Waals surface area contributed by atoms with E-state index in [1.807, 2.05) is 0 Å². The number of rotatable bonds is 4. The number of methoxy groups -OCH3 is 1. The van der Waals surface area contributed by atoms with E-state index >= 15 is 0 Å². The molecule has 0 aliphatic rings. The quantitative estimate of drug-likeness (QED) is 0.484. The molecule has 1 aromatic rings. The second-order valence-corrected chi connectivity index (χ2v) is 4.48. The summed E-state index contributed by atoms with van der Waals surface area (Å²) < 4.78 is 4.69. The highest BCUT2D eigenvalue weighted by Gasteiger charge is 2.12. The van der Waals surface area contributed by atoms with Gasteiger partial charge in [-0.3, -0.25) is 4.79 Å². The maximum absolute atomic E-state index is 11.7. The van der Waals surface area contributed by atoms with Gasteiger partial charge in [-0.15, -0.1) is 0 Å². The first kappa shape index (κ1) is 15.5. The topological polar surface area (TPSA) is 43.4 Å². The molecule has 0 aromatic heterocycles. The summed E-state index contributed by atoms with van der Waals surface area (Å²) in [5, 5.41) is 0.735. The maximum Gasteiger partial charge on any atom is 0.338 e. The molecule has 0 heterocycles. The zero-order chi connectivity index (χ0) is 14.4. The Morgan fingerprint density at radius 1 is 1.21 bits per heavy atom. The third-order valence-corrected chi connectivity index (χ3v) is 2.97. The van der Waals surface area contributed by atoms with Crippen LogP contribution in [0.4, 0.5) is 0 Å². The lowest BCUT2D eigenvalue weighted by atomic mass is 10.1. The molecule has 0 unspecified atom stereocenters. The Morgan fingerprint density at radius 3 is 2.42 bits per heavy atom. The van der Waals surface area contributed by atoms with Gasteiger partial charge in [0.05, 0.1) is 22.7 Å². The first-order chi connectivity index (χ1) is 8.95. The molecular formula is C14H12Cl2O3. The Balaban J connectivity index is 3.20. The van der Waals surface area contributed by atoms with Crippen LogP contribution in [0, 0.1) is 0 Å². The Hall–Kier alpha value is -1.58. The summed E-state index contributed by atoms with van der Waals surface area (Å²) in [5.41, 5.74) is 0.855. The third kappa shape index (κ3) is 4.54. The van der Waals surface area contributed by atoms with Crippen LogP contribution in [-0.4, -0.2) is 18.9 Å². The van der Waals surface area contributed by atoms with Crippen molar-refractivity contribution in [1.82, 2.24) is 0 Å². The normalized spacial score (nSPS) is 11.7. The van der Waals surface area contributed by atoms with Gasteiger partial charge >= 0.3 is 5.97 Å². The van der Waals surface area contributed by atoms with E-state index in [1.54, 1.807) is 18.2 Å². The summed E-state index contributed by atoms with van der Waals surface area (Å²) in [5.74, 6) is -0.638. The molecule has 0 radical (unpaired) electrons. The van der Waals surface area contributed by atoms with Crippen LogP contribution in [0.1, 0.15) is 12.5 Å². The van der Waals surface area contributed by atoms with Gasteiger partial charge in [-0.25, -0.2) is 4.79 Å². The molecule has 0 N–H and O–H groups in total. The van der Waals surface area contributed by atoms with E-state index in [2.05, 4.69) is 0 Å². The number of hydrogen-bond acceptors (Lipinski definition) is 3. The first-order valence-electron chi connectivity index (χ1n) is 5.38. The number of ketones is 1. The highest BCUT2D eigenvalue weighted by Crippen LogP contribution is 2.26. The monoisotopic (exact) mass is 298 g/mol. The number of ether oxygens (including phenoxy) is 1. The number of carbonyl (C=O) groups is 2. The van der Waals surface area contributed by atoms with Crippen molar-refractivity contribution in [2.45, 2.75) is 6.92 Å². The summed E-state index contributed by atoms with van der Waals surface area (Å²) in [4.78, 5) is 22.5. The number of carbonyl (C=O) groups excluding carboxylic acids is 2. The van der Waals surface area contributed by atoms with E-state index in [9.17, 15) is 9.59 Å². The molecule has 0 aliphatic carbocycles. The maximum atomic E-state index is 11.7. The van der Waals surface area contributed by atoms with Gasteiger partial charge in [0.2, 0.25) is 0 Å². The predicted octanol–water partition coefficient (Wildman–Crippen LogP) is 3.70. The fourth-order valence-corrected chi connectivity index (χ4v) is 1.63. The van der Waals surface area contributed by atoms with Crippen molar-refractivity contribution in [3.8, 4) is 0 Å². The summed E-state index contributed by atoms with van der Waals surface area (Å²) >= 11 is 11.7. The number of esters is 1. The van der Waals surface area contributed by atoms with E-state index in [4.69, 9.17) is 27.9 Å². The van der Waals surface area contributed by atoms with E-state index in [0.717, 1.165) is 0 Å². The Morgan fingerprint density at radius 2 is 1.89 bits per heavy atom. The molecule has 0 bridgehead atoms. The second kappa shape index (κ2) is 7.12. The smallest absolute Gasteiger partial charge is 0.338 e. The molecule has 100 valence electrons. The van der Waals surface area contributed by atoms with Gasteiger partial charge in [0.1, 0.15) is 0 Å². The van der Waals surface area contributed by atoms with Crippen molar-refractivity contribution >= 4 is 40.5 Å². The molecule has 0 fully saturated rings. The van der Waals surface area contributed by atoms with Crippen molar-refractivity contribution in [3.63, 3.8) is 0 Å². The zero-order valence-corrected chi connectivity index (χ0v) is 12.0. The van der Waals surface area contributed by atoms with Crippen LogP contribution in [0.15, 0.2) is 36.4 Å². The van der Waals surface area contributed by atoms with Gasteiger partial charge in [-0.1, -0.05) is 35.3 Å². The minimum atomic E-state index is -0.522. The molecule has 3 nitrogen and oxygen atoms in total. The van der Waals surface area contributed by atoms with Gasteiger partial charge in [-0.05, 0) is 36.8 Å². The molecule has 1 rings (SSSR count). The second-order valence-electron chi connectivity index (χ2n) is 3.67. The Kier molecular flexibility index (Phi) is 5.80. The minimum Gasteiger partial charge on any atom is -0.465 e. The van der Waals surface area contributed by atoms with Crippen LogP contribution in [0.25, 0.3) is 5.57 Å². The van der Waals surface area contributed by atoms with Gasteiger partial charge in [0, 0.05) is 0 Å². The highest BCUT2D eigenvalue weighted by atomic mass is 35.5. The highest BCUT2D eigenvalue weighted by molar-refractivity contribution is 6.42. The van der Waals surface area contributed by atoms with Crippen LogP contribution in [0.5, 0.6) is 0 Å². The zero-order valence-electron chi connectivity index (χ0n) is 10.4. The number of hydrogen-bond donors (Lipinski definition) is 0. The van der Waals surface area contributed by atoms with Crippen molar-refractivity contribution in [2.24, 2.45) is 0 Å². The number of halogens is 2. The summed E-state index contributed by atoms with van der Waals surface area (Å²) in [7, 11) is 1.28. The average molecular weight is 299 g/mol. The van der Waals surface area contributed by atoms with Crippen LogP contribution >= 0.6 is 23.2 Å². The van der Waals surface area contributed by atoms with E-state index in [0.29, 0.717) is 21.2 Å². The molecule has 5 heteroatoms. The molecule has 0 aliphatic heterocycles. The first-order valence-corrected chi connectivity index (χ1v) is 6.14. The Bertz CT molecular complexity index is 560. The summed E-state index contributed by atoms with van der Waals surface area (Å²) in [6, 6.07) is 4.80. The number of benzene rings is 1. The summed E-state index contributed by atoms with van der Waals surface area (Å²) in [6.45, 7) is 1.42. The standard InChI is InChI=1S/C14H12Cl2O3/c1-9(17)4-3-5-11(14(18)19-2)10-6-7-12(15)13(16)8-10/h3-8H,1-2H3. The average Bonchev–Trinajstić information content (AvgIpc) is 2.37. The van der Waals surface area contributed by atoms with Crippen molar-refractivity contribution in [2.75, 3.05) is 7.11 Å². The largest absolute Gasteiger partial charge is 0.465 e. The Labute approximate surface area is 121 Å². The van der Waals surface area contributed by atoms with Gasteiger partial charge in [-0.2, -0.15) is 0 Å². The van der Waals surface area contributed by atoms with Crippen LogP contribution in [0.2, 0.25) is 10.0 Å². The van der Waals surface area contributed by atoms with E-state index in [-0.39, 0.29) is 5.78 Å². The lowest BCUT2D eigenvalue weighted by Gasteiger charge is -2.06. The molecule has 0 atom stereocenters. The van der Waals surface area contributed by atoms with Gasteiger partial charge in [0.15, 0.2) is 5.78 Å². The SMILES string of the molecule is COC(=O)C(=CC=CC(C)=O)c1ccc(Cl)c(Cl)c1. The van der Waals surface area contributed by atoms with Crippen molar-refractivity contribution in [1.29, 1.82) is 0 Å². The van der Waals surface area contributed by atoms with Crippen LogP contribution in [0.3, 0.4) is 0 Å². The molecular weight excluding hydrogens is 287 g/mol. The van der Waals surface area contributed by atoms with Crippen LogP contribution < -0.4 is 0 Å². The predicted molar refractivity (Wildman–Crippen MR) is 76.3 cm³/mol. The fraction of sp³-hybridized carbons (Fsp3) is 0.143. The minimum absolute atomic E-state index is 0.116. The van der Waals surface area contributed by atoms with Crippen molar-refractivity contribution in [3.05, 3.63) is 52.0 Å². The molecule has 0 saturated carbocycles. The lowest BCUT2D eigenvalue weighted by molar-refractivity contribution is -0.133. The van der Waals surface area contributed by atoms with E-state index < -0.39 is 5.97 Å². The summed E-state index contributed by atoms with van der Waals surface area (Å²) in [6.07, 6.45) is 4.32. The van der Waals surface area contributed by atoms with Crippen LogP contribution in [-0.2, 0) is 14.3 Å². The van der Waals surface area contributed by atoms with Gasteiger partial charge in [0.25, 0.3) is 0 Å².